The predicted molar refractivity (Wildman–Crippen MR) is 78.7 cm³/mol. The van der Waals surface area contributed by atoms with E-state index in [1.54, 1.807) is 6.92 Å². The second-order valence-electron chi connectivity index (χ2n) is 4.66. The van der Waals surface area contributed by atoms with Gasteiger partial charge in [0.25, 0.3) is 0 Å². The molecule has 1 aromatic carbocycles. The molecule has 5 nitrogen and oxygen atoms in total. The molecule has 0 unspecified atom stereocenters. The van der Waals surface area contributed by atoms with E-state index in [1.165, 1.54) is 0 Å². The van der Waals surface area contributed by atoms with E-state index in [0.717, 1.165) is 16.9 Å². The van der Waals surface area contributed by atoms with Crippen molar-refractivity contribution < 1.29 is 14.3 Å². The maximum atomic E-state index is 11.5. The van der Waals surface area contributed by atoms with Gasteiger partial charge >= 0.3 is 0 Å². The van der Waals surface area contributed by atoms with Gasteiger partial charge in [0, 0.05) is 18.7 Å². The highest BCUT2D eigenvalue weighted by Gasteiger charge is 2.09. The molecule has 0 fully saturated rings. The Morgan fingerprint density at radius 1 is 1.40 bits per heavy atom. The SMILES string of the molecule is CCOCCOc1cc(C)ccc1CNC(=O)[C@H](C)N. The van der Waals surface area contributed by atoms with Crippen molar-refractivity contribution in [3.63, 3.8) is 0 Å². The van der Waals surface area contributed by atoms with Crippen molar-refractivity contribution >= 4 is 5.91 Å². The molecule has 0 aromatic heterocycles. The van der Waals surface area contributed by atoms with E-state index >= 15 is 0 Å². The van der Waals surface area contributed by atoms with Crippen molar-refractivity contribution in [2.24, 2.45) is 5.73 Å². The molecule has 1 atom stereocenters. The van der Waals surface area contributed by atoms with Gasteiger partial charge in [-0.3, -0.25) is 4.79 Å². The third kappa shape index (κ3) is 5.59. The quantitative estimate of drug-likeness (QED) is 0.705. The third-order valence-corrected chi connectivity index (χ3v) is 2.78. The van der Waals surface area contributed by atoms with Crippen molar-refractivity contribution in [2.75, 3.05) is 19.8 Å². The van der Waals surface area contributed by atoms with Crippen LogP contribution in [0.2, 0.25) is 0 Å². The number of hydrogen-bond acceptors (Lipinski definition) is 4. The number of hydrogen-bond donors (Lipinski definition) is 2. The molecule has 1 rings (SSSR count). The number of carbonyl (C=O) groups is 1. The van der Waals surface area contributed by atoms with Crippen LogP contribution in [0, 0.1) is 6.92 Å². The Hall–Kier alpha value is -1.59. The lowest BCUT2D eigenvalue weighted by Gasteiger charge is -2.14. The minimum atomic E-state index is -0.511. The summed E-state index contributed by atoms with van der Waals surface area (Å²) >= 11 is 0. The second kappa shape index (κ2) is 8.55. The van der Waals surface area contributed by atoms with Crippen LogP contribution < -0.4 is 15.8 Å². The number of carbonyl (C=O) groups excluding carboxylic acids is 1. The average molecular weight is 280 g/mol. The van der Waals surface area contributed by atoms with Crippen LogP contribution in [0.5, 0.6) is 5.75 Å². The van der Waals surface area contributed by atoms with Gasteiger partial charge in [-0.15, -0.1) is 0 Å². The van der Waals surface area contributed by atoms with Crippen LogP contribution in [0.3, 0.4) is 0 Å². The van der Waals surface area contributed by atoms with Crippen molar-refractivity contribution in [1.82, 2.24) is 5.32 Å². The highest BCUT2D eigenvalue weighted by molar-refractivity contribution is 5.80. The summed E-state index contributed by atoms with van der Waals surface area (Å²) in [7, 11) is 0. The summed E-state index contributed by atoms with van der Waals surface area (Å²) in [4.78, 5) is 11.5. The van der Waals surface area contributed by atoms with Gasteiger partial charge in [-0.2, -0.15) is 0 Å². The van der Waals surface area contributed by atoms with Crippen LogP contribution >= 0.6 is 0 Å². The number of aryl methyl sites for hydroxylation is 1. The first-order chi connectivity index (χ1) is 9.54. The van der Waals surface area contributed by atoms with Gasteiger partial charge in [0.1, 0.15) is 12.4 Å². The molecule has 0 bridgehead atoms. The zero-order valence-electron chi connectivity index (χ0n) is 12.4. The topological polar surface area (TPSA) is 73.6 Å². The molecule has 5 heteroatoms. The van der Waals surface area contributed by atoms with E-state index in [4.69, 9.17) is 15.2 Å². The standard InChI is InChI=1S/C15H24N2O3/c1-4-19-7-8-20-14-9-11(2)5-6-13(14)10-17-15(18)12(3)16/h5-6,9,12H,4,7-8,10,16H2,1-3H3,(H,17,18)/t12-/m0/s1. The van der Waals surface area contributed by atoms with Crippen LogP contribution in [0.25, 0.3) is 0 Å². The van der Waals surface area contributed by atoms with Crippen molar-refractivity contribution in [3.05, 3.63) is 29.3 Å². The van der Waals surface area contributed by atoms with E-state index in [2.05, 4.69) is 5.32 Å². The Morgan fingerprint density at radius 3 is 2.80 bits per heavy atom. The first kappa shape index (κ1) is 16.5. The lowest BCUT2D eigenvalue weighted by molar-refractivity contribution is -0.122. The molecule has 0 aliphatic rings. The Morgan fingerprint density at radius 2 is 2.15 bits per heavy atom. The summed E-state index contributed by atoms with van der Waals surface area (Å²) in [5.74, 6) is 0.598. The molecule has 0 saturated carbocycles. The largest absolute Gasteiger partial charge is 0.491 e. The van der Waals surface area contributed by atoms with Gasteiger partial charge < -0.3 is 20.5 Å². The number of rotatable bonds is 8. The highest BCUT2D eigenvalue weighted by atomic mass is 16.5. The summed E-state index contributed by atoms with van der Waals surface area (Å²) in [6.07, 6.45) is 0. The second-order valence-corrected chi connectivity index (χ2v) is 4.66. The maximum Gasteiger partial charge on any atom is 0.236 e. The van der Waals surface area contributed by atoms with Gasteiger partial charge in [0.2, 0.25) is 5.91 Å². The van der Waals surface area contributed by atoms with E-state index in [0.29, 0.717) is 26.4 Å². The van der Waals surface area contributed by atoms with Gasteiger partial charge in [-0.25, -0.2) is 0 Å². The zero-order chi connectivity index (χ0) is 15.0. The van der Waals surface area contributed by atoms with E-state index in [1.807, 2.05) is 32.0 Å². The number of nitrogens with two attached hydrogens (primary N) is 1. The van der Waals surface area contributed by atoms with E-state index in [9.17, 15) is 4.79 Å². The summed E-state index contributed by atoms with van der Waals surface area (Å²) in [6.45, 7) is 7.73. The summed E-state index contributed by atoms with van der Waals surface area (Å²) in [6, 6.07) is 5.39. The zero-order valence-corrected chi connectivity index (χ0v) is 12.4. The number of amides is 1. The highest BCUT2D eigenvalue weighted by Crippen LogP contribution is 2.20. The van der Waals surface area contributed by atoms with Gasteiger partial charge in [0.15, 0.2) is 0 Å². The van der Waals surface area contributed by atoms with Crippen molar-refractivity contribution in [1.29, 1.82) is 0 Å². The maximum absolute atomic E-state index is 11.5. The van der Waals surface area contributed by atoms with E-state index < -0.39 is 6.04 Å². The van der Waals surface area contributed by atoms with Crippen molar-refractivity contribution in [2.45, 2.75) is 33.4 Å². The Bertz CT molecular complexity index is 433. The fourth-order valence-corrected chi connectivity index (χ4v) is 1.64. The predicted octanol–water partition coefficient (Wildman–Crippen LogP) is 1.37. The molecule has 0 aliphatic heterocycles. The molecule has 0 spiro atoms. The number of nitrogens with one attached hydrogen (secondary N) is 1. The third-order valence-electron chi connectivity index (χ3n) is 2.78. The lowest BCUT2D eigenvalue weighted by atomic mass is 10.1. The minimum absolute atomic E-state index is 0.175. The summed E-state index contributed by atoms with van der Waals surface area (Å²) < 4.78 is 10.9. The number of ether oxygens (including phenoxy) is 2. The molecule has 0 saturated heterocycles. The molecule has 0 radical (unpaired) electrons. The fourth-order valence-electron chi connectivity index (χ4n) is 1.64. The van der Waals surface area contributed by atoms with Crippen LogP contribution in [-0.4, -0.2) is 31.8 Å². The summed E-state index contributed by atoms with van der Waals surface area (Å²) in [5.41, 5.74) is 7.56. The van der Waals surface area contributed by atoms with Gasteiger partial charge in [-0.05, 0) is 32.4 Å². The summed E-state index contributed by atoms with van der Waals surface area (Å²) in [5, 5.41) is 2.78. The smallest absolute Gasteiger partial charge is 0.236 e. The molecular formula is C15H24N2O3. The van der Waals surface area contributed by atoms with Crippen LogP contribution in [0.15, 0.2) is 18.2 Å². The first-order valence-corrected chi connectivity index (χ1v) is 6.88. The Balaban J connectivity index is 2.62. The molecule has 1 aromatic rings. The van der Waals surface area contributed by atoms with Crippen molar-refractivity contribution in [3.8, 4) is 5.75 Å². The van der Waals surface area contributed by atoms with Crippen LogP contribution in [0.1, 0.15) is 25.0 Å². The van der Waals surface area contributed by atoms with Gasteiger partial charge in [0.05, 0.1) is 12.6 Å². The normalized spacial score (nSPS) is 12.0. The molecule has 1 amide bonds. The van der Waals surface area contributed by atoms with Gasteiger partial charge in [-0.1, -0.05) is 12.1 Å². The van der Waals surface area contributed by atoms with E-state index in [-0.39, 0.29) is 5.91 Å². The lowest BCUT2D eigenvalue weighted by Crippen LogP contribution is -2.37. The molecular weight excluding hydrogens is 256 g/mol. The van der Waals surface area contributed by atoms with Crippen LogP contribution in [0.4, 0.5) is 0 Å². The minimum Gasteiger partial charge on any atom is -0.491 e. The molecule has 20 heavy (non-hydrogen) atoms. The number of benzene rings is 1. The average Bonchev–Trinajstić information content (AvgIpc) is 2.42. The molecule has 0 aliphatic carbocycles. The first-order valence-electron chi connectivity index (χ1n) is 6.88. The fraction of sp³-hybridized carbons (Fsp3) is 0.533. The molecule has 0 heterocycles. The Kier molecular flexibility index (Phi) is 7.04. The molecule has 3 N–H and O–H groups in total. The Labute approximate surface area is 120 Å². The van der Waals surface area contributed by atoms with Crippen LogP contribution in [-0.2, 0) is 16.1 Å². The molecule has 112 valence electrons. The monoisotopic (exact) mass is 280 g/mol.